The monoisotopic (exact) mass is 240 g/mol. The lowest BCUT2D eigenvalue weighted by Gasteiger charge is -2.25. The number of hydrogen-bond donors (Lipinski definition) is 1. The van der Waals surface area contributed by atoms with Crippen molar-refractivity contribution in [2.24, 2.45) is 0 Å². The lowest BCUT2D eigenvalue weighted by Crippen LogP contribution is -2.41. The van der Waals surface area contributed by atoms with Crippen LogP contribution in [-0.4, -0.2) is 39.5 Å². The molecule has 0 aliphatic heterocycles. The number of carboxylic acids is 1. The standard InChI is InChI=1S/C11H16N2O4/c1-4-7(2)13(5-9(14)15)11(16)10-8(3)12-6-17-10/h6-7H,4-5H2,1-3H3,(H,14,15). The summed E-state index contributed by atoms with van der Waals surface area (Å²) in [5.41, 5.74) is 0.466. The molecule has 0 bridgehead atoms. The van der Waals surface area contributed by atoms with Gasteiger partial charge in [-0.15, -0.1) is 0 Å². The van der Waals surface area contributed by atoms with Crippen molar-refractivity contribution >= 4 is 11.9 Å². The smallest absolute Gasteiger partial charge is 0.323 e. The number of aryl methyl sites for hydroxylation is 1. The van der Waals surface area contributed by atoms with Crippen LogP contribution in [0.15, 0.2) is 10.8 Å². The van der Waals surface area contributed by atoms with Crippen molar-refractivity contribution in [1.29, 1.82) is 0 Å². The second-order valence-corrected chi connectivity index (χ2v) is 3.85. The molecule has 0 spiro atoms. The highest BCUT2D eigenvalue weighted by Crippen LogP contribution is 2.13. The number of carbonyl (C=O) groups is 2. The minimum Gasteiger partial charge on any atom is -0.480 e. The first-order valence-corrected chi connectivity index (χ1v) is 5.40. The number of hydrogen-bond acceptors (Lipinski definition) is 4. The third-order valence-corrected chi connectivity index (χ3v) is 2.63. The van der Waals surface area contributed by atoms with Crippen molar-refractivity contribution in [2.75, 3.05) is 6.54 Å². The van der Waals surface area contributed by atoms with Crippen molar-refractivity contribution in [1.82, 2.24) is 9.88 Å². The molecular formula is C11H16N2O4. The second kappa shape index (κ2) is 5.47. The van der Waals surface area contributed by atoms with Crippen molar-refractivity contribution in [3.05, 3.63) is 17.8 Å². The molecule has 1 N–H and O–H groups in total. The first-order chi connectivity index (χ1) is 7.97. The number of rotatable bonds is 5. The zero-order valence-electron chi connectivity index (χ0n) is 10.1. The summed E-state index contributed by atoms with van der Waals surface area (Å²) >= 11 is 0. The largest absolute Gasteiger partial charge is 0.480 e. The molecule has 1 unspecified atom stereocenters. The van der Waals surface area contributed by atoms with Crippen molar-refractivity contribution < 1.29 is 19.1 Å². The van der Waals surface area contributed by atoms with Crippen LogP contribution in [0.1, 0.15) is 36.5 Å². The molecule has 0 aromatic carbocycles. The SMILES string of the molecule is CCC(C)N(CC(=O)O)C(=O)c1ocnc1C. The van der Waals surface area contributed by atoms with Crippen LogP contribution in [0.3, 0.4) is 0 Å². The molecular weight excluding hydrogens is 224 g/mol. The summed E-state index contributed by atoms with van der Waals surface area (Å²) in [5, 5.41) is 8.80. The second-order valence-electron chi connectivity index (χ2n) is 3.85. The Hall–Kier alpha value is -1.85. The van der Waals surface area contributed by atoms with Crippen LogP contribution in [0.5, 0.6) is 0 Å². The topological polar surface area (TPSA) is 83.6 Å². The average molecular weight is 240 g/mol. The Morgan fingerprint density at radius 3 is 2.65 bits per heavy atom. The third kappa shape index (κ3) is 3.05. The highest BCUT2D eigenvalue weighted by atomic mass is 16.4. The number of carboxylic acid groups (broad SMARTS) is 1. The molecule has 0 aliphatic rings. The summed E-state index contributed by atoms with van der Waals surface area (Å²) in [6.45, 7) is 4.99. The van der Waals surface area contributed by atoms with Gasteiger partial charge >= 0.3 is 5.97 Å². The fourth-order valence-corrected chi connectivity index (χ4v) is 1.43. The highest BCUT2D eigenvalue weighted by molar-refractivity contribution is 5.94. The minimum absolute atomic E-state index is 0.103. The van der Waals surface area contributed by atoms with E-state index in [0.29, 0.717) is 12.1 Å². The Balaban J connectivity index is 2.94. The number of carbonyl (C=O) groups excluding carboxylic acids is 1. The molecule has 1 heterocycles. The molecule has 17 heavy (non-hydrogen) atoms. The predicted molar refractivity (Wildman–Crippen MR) is 59.7 cm³/mol. The van der Waals surface area contributed by atoms with E-state index in [4.69, 9.17) is 9.52 Å². The van der Waals surface area contributed by atoms with Gasteiger partial charge in [-0.25, -0.2) is 4.98 Å². The Bertz CT molecular complexity index is 413. The molecule has 6 heteroatoms. The van der Waals surface area contributed by atoms with Gasteiger partial charge in [-0.1, -0.05) is 6.92 Å². The van der Waals surface area contributed by atoms with Gasteiger partial charge in [0.25, 0.3) is 5.91 Å². The average Bonchev–Trinajstić information content (AvgIpc) is 2.70. The van der Waals surface area contributed by atoms with E-state index < -0.39 is 11.9 Å². The fraction of sp³-hybridized carbons (Fsp3) is 0.545. The summed E-state index contributed by atoms with van der Waals surface area (Å²) in [6.07, 6.45) is 1.85. The van der Waals surface area contributed by atoms with Crippen LogP contribution >= 0.6 is 0 Å². The zero-order valence-corrected chi connectivity index (χ0v) is 10.1. The molecule has 0 fully saturated rings. The predicted octanol–water partition coefficient (Wildman–Crippen LogP) is 1.31. The van der Waals surface area contributed by atoms with E-state index in [1.54, 1.807) is 13.8 Å². The Labute approximate surface area is 99.2 Å². The molecule has 0 aliphatic carbocycles. The van der Waals surface area contributed by atoms with Crippen molar-refractivity contribution in [2.45, 2.75) is 33.2 Å². The Kier molecular flexibility index (Phi) is 4.25. The first-order valence-electron chi connectivity index (χ1n) is 5.40. The van der Waals surface area contributed by atoms with Crippen LogP contribution < -0.4 is 0 Å². The van der Waals surface area contributed by atoms with Crippen molar-refractivity contribution in [3.63, 3.8) is 0 Å². The Morgan fingerprint density at radius 1 is 1.59 bits per heavy atom. The molecule has 0 saturated carbocycles. The van der Waals surface area contributed by atoms with Crippen LogP contribution in [0, 0.1) is 6.92 Å². The van der Waals surface area contributed by atoms with Crippen LogP contribution in [0.4, 0.5) is 0 Å². The van der Waals surface area contributed by atoms with E-state index in [0.717, 1.165) is 0 Å². The normalized spacial score (nSPS) is 12.2. The van der Waals surface area contributed by atoms with Gasteiger partial charge in [-0.2, -0.15) is 0 Å². The maximum absolute atomic E-state index is 12.1. The van der Waals surface area contributed by atoms with Crippen LogP contribution in [-0.2, 0) is 4.79 Å². The van der Waals surface area contributed by atoms with E-state index in [1.165, 1.54) is 11.3 Å². The summed E-state index contributed by atoms with van der Waals surface area (Å²) in [5.74, 6) is -1.38. The third-order valence-electron chi connectivity index (χ3n) is 2.63. The lowest BCUT2D eigenvalue weighted by atomic mass is 10.2. The quantitative estimate of drug-likeness (QED) is 0.838. The molecule has 6 nitrogen and oxygen atoms in total. The minimum atomic E-state index is -1.05. The van der Waals surface area contributed by atoms with Crippen molar-refractivity contribution in [3.8, 4) is 0 Å². The van der Waals surface area contributed by atoms with Gasteiger partial charge in [0.1, 0.15) is 6.54 Å². The van der Waals surface area contributed by atoms with E-state index in [1.807, 2.05) is 6.92 Å². The van der Waals surface area contributed by atoms with E-state index >= 15 is 0 Å². The van der Waals surface area contributed by atoms with E-state index in [-0.39, 0.29) is 18.3 Å². The van der Waals surface area contributed by atoms with Gasteiger partial charge < -0.3 is 14.4 Å². The number of amides is 1. The van der Waals surface area contributed by atoms with Gasteiger partial charge in [-0.3, -0.25) is 9.59 Å². The summed E-state index contributed by atoms with van der Waals surface area (Å²) in [4.78, 5) is 27.9. The van der Waals surface area contributed by atoms with Gasteiger partial charge in [0.05, 0.1) is 5.69 Å². The van der Waals surface area contributed by atoms with E-state index in [2.05, 4.69) is 4.98 Å². The van der Waals surface area contributed by atoms with E-state index in [9.17, 15) is 9.59 Å². The number of nitrogens with zero attached hydrogens (tertiary/aromatic N) is 2. The van der Waals surface area contributed by atoms with Crippen LogP contribution in [0.2, 0.25) is 0 Å². The lowest BCUT2D eigenvalue weighted by molar-refractivity contribution is -0.138. The molecule has 1 amide bonds. The first kappa shape index (κ1) is 13.2. The number of aromatic nitrogens is 1. The Morgan fingerprint density at radius 2 is 2.24 bits per heavy atom. The fourth-order valence-electron chi connectivity index (χ4n) is 1.43. The summed E-state index contributed by atoms with van der Waals surface area (Å²) in [7, 11) is 0. The maximum atomic E-state index is 12.1. The number of aliphatic carboxylic acids is 1. The summed E-state index contributed by atoms with van der Waals surface area (Å²) < 4.78 is 4.99. The molecule has 94 valence electrons. The molecule has 1 aromatic heterocycles. The van der Waals surface area contributed by atoms with Gasteiger partial charge in [0, 0.05) is 6.04 Å². The summed E-state index contributed by atoms with van der Waals surface area (Å²) in [6, 6.07) is -0.164. The van der Waals surface area contributed by atoms with Crippen LogP contribution in [0.25, 0.3) is 0 Å². The highest BCUT2D eigenvalue weighted by Gasteiger charge is 2.26. The number of oxazole rings is 1. The molecule has 0 radical (unpaired) electrons. The molecule has 1 atom stereocenters. The van der Waals surface area contributed by atoms with Gasteiger partial charge in [-0.05, 0) is 20.3 Å². The molecule has 0 saturated heterocycles. The zero-order chi connectivity index (χ0) is 13.0. The van der Waals surface area contributed by atoms with Gasteiger partial charge in [0.2, 0.25) is 5.76 Å². The van der Waals surface area contributed by atoms with Gasteiger partial charge in [0.15, 0.2) is 6.39 Å². The maximum Gasteiger partial charge on any atom is 0.323 e. The molecule has 1 rings (SSSR count). The molecule has 1 aromatic rings.